The molecule has 0 aromatic heterocycles. The fraction of sp³-hybridized carbons (Fsp3) is 0.300. The van der Waals surface area contributed by atoms with Gasteiger partial charge in [0, 0.05) is 12.0 Å². The molecule has 0 aliphatic heterocycles. The van der Waals surface area contributed by atoms with E-state index in [1.807, 2.05) is 0 Å². The van der Waals surface area contributed by atoms with E-state index in [4.69, 9.17) is 10.2 Å². The number of phenols is 3. The molecule has 7 heteroatoms. The van der Waals surface area contributed by atoms with Crippen LogP contribution in [0, 0.1) is 0 Å². The molecule has 0 heterocycles. The molecule has 1 aromatic rings. The number of aliphatic carboxylic acids is 1. The molecule has 0 bridgehead atoms. The van der Waals surface area contributed by atoms with Gasteiger partial charge in [-0.1, -0.05) is 0 Å². The average Bonchev–Trinajstić information content (AvgIpc) is 2.80. The normalized spacial score (nSPS) is 25.5. The van der Waals surface area contributed by atoms with Gasteiger partial charge >= 0.3 is 5.97 Å². The van der Waals surface area contributed by atoms with Crippen molar-refractivity contribution in [2.45, 2.75) is 17.8 Å². The number of halogens is 2. The van der Waals surface area contributed by atoms with Gasteiger partial charge in [-0.15, -0.1) is 0 Å². The largest absolute Gasteiger partial charge is 0.504 e. The first-order valence-electron chi connectivity index (χ1n) is 4.59. The second-order valence-corrected chi connectivity index (χ2v) is 3.92. The van der Waals surface area contributed by atoms with Gasteiger partial charge in [0.05, 0.1) is 0 Å². The zero-order valence-corrected chi connectivity index (χ0v) is 8.31. The van der Waals surface area contributed by atoms with E-state index >= 15 is 0 Å². The molecule has 0 spiro atoms. The highest BCUT2D eigenvalue weighted by molar-refractivity contribution is 5.89. The molecule has 1 fully saturated rings. The molecule has 1 atom stereocenters. The lowest BCUT2D eigenvalue weighted by atomic mass is 9.94. The minimum absolute atomic E-state index is 0.606. The van der Waals surface area contributed by atoms with Crippen LogP contribution in [0.2, 0.25) is 0 Å². The van der Waals surface area contributed by atoms with E-state index in [1.54, 1.807) is 0 Å². The predicted octanol–water partition coefficient (Wildman–Crippen LogP) is 1.16. The van der Waals surface area contributed by atoms with Gasteiger partial charge in [0.25, 0.3) is 5.92 Å². The summed E-state index contributed by atoms with van der Waals surface area (Å²) >= 11 is 0. The smallest absolute Gasteiger partial charge is 0.320 e. The minimum Gasteiger partial charge on any atom is -0.504 e. The molecular weight excluding hydrogens is 238 g/mol. The van der Waals surface area contributed by atoms with Crippen molar-refractivity contribution in [3.05, 3.63) is 17.7 Å². The highest BCUT2D eigenvalue weighted by Gasteiger charge is 2.78. The Hall–Kier alpha value is -2.05. The van der Waals surface area contributed by atoms with Gasteiger partial charge in [-0.3, -0.25) is 4.79 Å². The highest BCUT2D eigenvalue weighted by Crippen LogP contribution is 2.64. The number of carboxylic acids is 1. The maximum absolute atomic E-state index is 13.2. The molecule has 4 N–H and O–H groups in total. The summed E-state index contributed by atoms with van der Waals surface area (Å²) in [6, 6.07) is 1.71. The molecule has 92 valence electrons. The second-order valence-electron chi connectivity index (χ2n) is 3.92. The van der Waals surface area contributed by atoms with Gasteiger partial charge in [0.2, 0.25) is 5.75 Å². The van der Waals surface area contributed by atoms with E-state index < -0.39 is 46.5 Å². The van der Waals surface area contributed by atoms with Crippen LogP contribution in [0.3, 0.4) is 0 Å². The highest BCUT2D eigenvalue weighted by atomic mass is 19.3. The Bertz CT molecular complexity index is 514. The number of carboxylic acid groups (broad SMARTS) is 1. The minimum atomic E-state index is -3.49. The third kappa shape index (κ3) is 1.25. The summed E-state index contributed by atoms with van der Waals surface area (Å²) in [6.07, 6.45) is -0.951. The van der Waals surface area contributed by atoms with Crippen LogP contribution >= 0.6 is 0 Å². The van der Waals surface area contributed by atoms with E-state index in [-0.39, 0.29) is 0 Å². The molecule has 0 amide bonds. The maximum atomic E-state index is 13.2. The Labute approximate surface area is 93.6 Å². The molecule has 2 rings (SSSR count). The van der Waals surface area contributed by atoms with Crippen LogP contribution < -0.4 is 0 Å². The van der Waals surface area contributed by atoms with Gasteiger partial charge in [-0.2, -0.15) is 0 Å². The number of phenolic OH excluding ortho intramolecular Hbond substituents is 3. The van der Waals surface area contributed by atoms with Crippen LogP contribution in [0.5, 0.6) is 17.2 Å². The number of hydrogen-bond acceptors (Lipinski definition) is 4. The van der Waals surface area contributed by atoms with E-state index in [2.05, 4.69) is 0 Å². The zero-order chi connectivity index (χ0) is 13.0. The summed E-state index contributed by atoms with van der Waals surface area (Å²) in [4.78, 5) is 10.9. The third-order valence-electron chi connectivity index (χ3n) is 2.94. The second kappa shape index (κ2) is 2.99. The topological polar surface area (TPSA) is 98.0 Å². The standard InChI is InChI=1S/C10H8F2O5/c11-10(12)3-9(10,8(16)17)4-1-2-5(13)7(15)6(4)14/h1-2,13-15H,3H2,(H,16,17). The van der Waals surface area contributed by atoms with Crippen LogP contribution in [0.25, 0.3) is 0 Å². The van der Waals surface area contributed by atoms with Crippen LogP contribution in [-0.4, -0.2) is 32.3 Å². The Balaban J connectivity index is 2.63. The van der Waals surface area contributed by atoms with E-state index in [9.17, 15) is 23.8 Å². The number of alkyl halides is 2. The fourth-order valence-corrected chi connectivity index (χ4v) is 1.84. The van der Waals surface area contributed by atoms with Crippen molar-refractivity contribution < 1.29 is 34.0 Å². The lowest BCUT2D eigenvalue weighted by Gasteiger charge is -2.14. The Morgan fingerprint density at radius 3 is 2.12 bits per heavy atom. The van der Waals surface area contributed by atoms with Gasteiger partial charge in [-0.25, -0.2) is 8.78 Å². The van der Waals surface area contributed by atoms with Crippen LogP contribution in [0.4, 0.5) is 8.78 Å². The Kier molecular flexibility index (Phi) is 2.01. The van der Waals surface area contributed by atoms with Crippen molar-refractivity contribution in [2.75, 3.05) is 0 Å². The van der Waals surface area contributed by atoms with Crippen molar-refractivity contribution in [3.8, 4) is 17.2 Å². The summed E-state index contributed by atoms with van der Waals surface area (Å²) in [5.74, 6) is -8.03. The maximum Gasteiger partial charge on any atom is 0.320 e. The Morgan fingerprint density at radius 2 is 1.71 bits per heavy atom. The van der Waals surface area contributed by atoms with Gasteiger partial charge < -0.3 is 20.4 Å². The number of rotatable bonds is 2. The van der Waals surface area contributed by atoms with Crippen LogP contribution in [0.15, 0.2) is 12.1 Å². The molecule has 1 unspecified atom stereocenters. The predicted molar refractivity (Wildman–Crippen MR) is 50.3 cm³/mol. The number of hydrogen-bond donors (Lipinski definition) is 4. The lowest BCUT2D eigenvalue weighted by molar-refractivity contribution is -0.143. The number of benzene rings is 1. The van der Waals surface area contributed by atoms with Crippen molar-refractivity contribution in [3.63, 3.8) is 0 Å². The quantitative estimate of drug-likeness (QED) is 0.587. The van der Waals surface area contributed by atoms with Crippen molar-refractivity contribution >= 4 is 5.97 Å². The van der Waals surface area contributed by atoms with E-state index in [1.165, 1.54) is 0 Å². The Morgan fingerprint density at radius 1 is 1.18 bits per heavy atom. The van der Waals surface area contributed by atoms with E-state index in [0.717, 1.165) is 12.1 Å². The van der Waals surface area contributed by atoms with Gasteiger partial charge in [0.1, 0.15) is 0 Å². The van der Waals surface area contributed by atoms with Crippen LogP contribution in [0.1, 0.15) is 12.0 Å². The van der Waals surface area contributed by atoms with Crippen LogP contribution in [-0.2, 0) is 10.2 Å². The van der Waals surface area contributed by atoms with Crippen molar-refractivity contribution in [1.29, 1.82) is 0 Å². The number of aromatic hydroxyl groups is 3. The SMILES string of the molecule is O=C(O)C1(c2ccc(O)c(O)c2O)CC1(F)F. The monoisotopic (exact) mass is 246 g/mol. The van der Waals surface area contributed by atoms with E-state index in [0.29, 0.717) is 0 Å². The van der Waals surface area contributed by atoms with Gasteiger partial charge in [0.15, 0.2) is 16.9 Å². The molecule has 0 radical (unpaired) electrons. The van der Waals surface area contributed by atoms with Gasteiger partial charge in [-0.05, 0) is 12.1 Å². The first-order chi connectivity index (χ1) is 7.74. The molecule has 17 heavy (non-hydrogen) atoms. The average molecular weight is 246 g/mol. The first kappa shape index (κ1) is 11.4. The third-order valence-corrected chi connectivity index (χ3v) is 2.94. The summed E-state index contributed by atoms with van der Waals surface area (Å²) in [7, 11) is 0. The first-order valence-corrected chi connectivity index (χ1v) is 4.59. The molecule has 0 saturated heterocycles. The molecule has 1 aliphatic carbocycles. The van der Waals surface area contributed by atoms with Crippen molar-refractivity contribution in [2.24, 2.45) is 0 Å². The summed E-state index contributed by atoms with van der Waals surface area (Å²) in [5.41, 5.74) is -3.13. The lowest BCUT2D eigenvalue weighted by Crippen LogP contribution is -2.27. The molecule has 1 aliphatic rings. The summed E-state index contributed by atoms with van der Waals surface area (Å²) < 4.78 is 26.3. The molecular formula is C10H8F2O5. The number of carbonyl (C=O) groups is 1. The molecule has 1 aromatic carbocycles. The zero-order valence-electron chi connectivity index (χ0n) is 8.31. The molecule has 5 nitrogen and oxygen atoms in total. The van der Waals surface area contributed by atoms with Crippen molar-refractivity contribution in [1.82, 2.24) is 0 Å². The molecule has 1 saturated carbocycles. The summed E-state index contributed by atoms with van der Waals surface area (Å²) in [5, 5.41) is 36.5. The fourth-order valence-electron chi connectivity index (χ4n) is 1.84. The summed E-state index contributed by atoms with van der Waals surface area (Å²) in [6.45, 7) is 0.